The van der Waals surface area contributed by atoms with Gasteiger partial charge in [-0.1, -0.05) is 19.4 Å². The molecular formula is C13H15BrFNO3. The quantitative estimate of drug-likeness (QED) is 0.871. The van der Waals surface area contributed by atoms with Crippen molar-refractivity contribution < 1.29 is 19.1 Å². The lowest BCUT2D eigenvalue weighted by Gasteiger charge is -2.26. The van der Waals surface area contributed by atoms with Crippen LogP contribution >= 0.6 is 15.9 Å². The fourth-order valence-corrected chi connectivity index (χ4v) is 2.27. The van der Waals surface area contributed by atoms with E-state index in [1.54, 1.807) is 0 Å². The van der Waals surface area contributed by atoms with Gasteiger partial charge in [0.25, 0.3) is 5.91 Å². The third-order valence-electron chi connectivity index (χ3n) is 2.80. The fraction of sp³-hybridized carbons (Fsp3) is 0.385. The van der Waals surface area contributed by atoms with Gasteiger partial charge in [-0.05, 0) is 41.4 Å². The van der Waals surface area contributed by atoms with Gasteiger partial charge in [0.1, 0.15) is 11.4 Å². The van der Waals surface area contributed by atoms with Gasteiger partial charge in [0.15, 0.2) is 0 Å². The van der Waals surface area contributed by atoms with Gasteiger partial charge in [0.2, 0.25) is 0 Å². The molecule has 0 aliphatic rings. The molecule has 2 N–H and O–H groups in total. The molecule has 0 saturated heterocycles. The highest BCUT2D eigenvalue weighted by molar-refractivity contribution is 9.10. The summed E-state index contributed by atoms with van der Waals surface area (Å²) >= 11 is 3.08. The van der Waals surface area contributed by atoms with Gasteiger partial charge < -0.3 is 10.4 Å². The molecule has 4 nitrogen and oxygen atoms in total. The van der Waals surface area contributed by atoms with Crippen molar-refractivity contribution in [1.82, 2.24) is 5.32 Å². The van der Waals surface area contributed by atoms with Gasteiger partial charge in [-0.3, -0.25) is 4.79 Å². The highest BCUT2D eigenvalue weighted by atomic mass is 79.9. The Labute approximate surface area is 119 Å². The molecule has 0 aliphatic heterocycles. The summed E-state index contributed by atoms with van der Waals surface area (Å²) < 4.78 is 13.9. The number of hydrogen-bond acceptors (Lipinski definition) is 2. The molecule has 0 radical (unpaired) electrons. The van der Waals surface area contributed by atoms with Gasteiger partial charge in [-0.2, -0.15) is 0 Å². The zero-order valence-electron chi connectivity index (χ0n) is 10.7. The van der Waals surface area contributed by atoms with E-state index in [1.807, 2.05) is 6.92 Å². The maximum atomic E-state index is 13.6. The maximum Gasteiger partial charge on any atom is 0.329 e. The predicted octanol–water partition coefficient (Wildman–Crippen LogP) is 2.96. The third kappa shape index (κ3) is 3.53. The van der Waals surface area contributed by atoms with E-state index in [0.29, 0.717) is 6.42 Å². The van der Waals surface area contributed by atoms with Crippen molar-refractivity contribution in [2.45, 2.75) is 32.2 Å². The molecule has 0 spiro atoms. The Morgan fingerprint density at radius 1 is 1.47 bits per heavy atom. The van der Waals surface area contributed by atoms with E-state index < -0.39 is 23.2 Å². The zero-order chi connectivity index (χ0) is 14.6. The maximum absolute atomic E-state index is 13.6. The highest BCUT2D eigenvalue weighted by Crippen LogP contribution is 2.21. The molecule has 104 valence electrons. The Morgan fingerprint density at radius 3 is 2.58 bits per heavy atom. The molecule has 0 aromatic heterocycles. The number of carboxylic acid groups (broad SMARTS) is 1. The van der Waals surface area contributed by atoms with Crippen LogP contribution in [0.15, 0.2) is 22.7 Å². The smallest absolute Gasteiger partial charge is 0.329 e. The molecule has 1 aromatic carbocycles. The van der Waals surface area contributed by atoms with Gasteiger partial charge in [-0.25, -0.2) is 9.18 Å². The normalized spacial score (nSPS) is 13.7. The summed E-state index contributed by atoms with van der Waals surface area (Å²) in [7, 11) is 0. The standard InChI is InChI=1S/C13H15BrFNO3/c1-3-7-13(2,12(18)19)16-11(17)10-8(14)5-4-6-9(10)15/h4-6H,3,7H2,1-2H3,(H,16,17)(H,18,19). The van der Waals surface area contributed by atoms with E-state index in [2.05, 4.69) is 21.2 Å². The monoisotopic (exact) mass is 331 g/mol. The van der Waals surface area contributed by atoms with Gasteiger partial charge in [0.05, 0.1) is 5.56 Å². The van der Waals surface area contributed by atoms with Crippen LogP contribution in [-0.2, 0) is 4.79 Å². The molecule has 1 atom stereocenters. The van der Waals surface area contributed by atoms with Crippen LogP contribution in [0, 0.1) is 5.82 Å². The summed E-state index contributed by atoms with van der Waals surface area (Å²) in [5.41, 5.74) is -1.60. The Morgan fingerprint density at radius 2 is 2.11 bits per heavy atom. The van der Waals surface area contributed by atoms with E-state index in [1.165, 1.54) is 19.1 Å². The summed E-state index contributed by atoms with van der Waals surface area (Å²) in [4.78, 5) is 23.3. The number of nitrogens with one attached hydrogen (secondary N) is 1. The number of carbonyl (C=O) groups excluding carboxylic acids is 1. The van der Waals surface area contributed by atoms with Gasteiger partial charge in [0, 0.05) is 4.47 Å². The van der Waals surface area contributed by atoms with Gasteiger partial charge in [-0.15, -0.1) is 0 Å². The number of carbonyl (C=O) groups is 2. The SMILES string of the molecule is CCCC(C)(NC(=O)c1c(F)cccc1Br)C(=O)O. The van der Waals surface area contributed by atoms with Crippen molar-refractivity contribution >= 4 is 27.8 Å². The fourth-order valence-electron chi connectivity index (χ4n) is 1.75. The average molecular weight is 332 g/mol. The largest absolute Gasteiger partial charge is 0.480 e. The topological polar surface area (TPSA) is 66.4 Å². The first-order chi connectivity index (χ1) is 8.81. The molecule has 0 aliphatic carbocycles. The summed E-state index contributed by atoms with van der Waals surface area (Å²) in [5.74, 6) is -2.59. The van der Waals surface area contributed by atoms with Crippen LogP contribution in [0.1, 0.15) is 37.0 Å². The van der Waals surface area contributed by atoms with Crippen molar-refractivity contribution in [2.24, 2.45) is 0 Å². The molecule has 1 unspecified atom stereocenters. The molecule has 6 heteroatoms. The summed E-state index contributed by atoms with van der Waals surface area (Å²) in [6, 6.07) is 4.13. The summed E-state index contributed by atoms with van der Waals surface area (Å²) in [5, 5.41) is 11.6. The molecule has 1 aromatic rings. The minimum Gasteiger partial charge on any atom is -0.480 e. The second kappa shape index (κ2) is 6.14. The Kier molecular flexibility index (Phi) is 5.05. The number of rotatable bonds is 5. The Hall–Kier alpha value is -1.43. The first kappa shape index (κ1) is 15.6. The van der Waals surface area contributed by atoms with E-state index in [-0.39, 0.29) is 16.5 Å². The second-order valence-electron chi connectivity index (χ2n) is 4.44. The third-order valence-corrected chi connectivity index (χ3v) is 3.46. The van der Waals surface area contributed by atoms with Crippen LogP contribution < -0.4 is 5.32 Å². The molecule has 0 fully saturated rings. The molecule has 19 heavy (non-hydrogen) atoms. The molecule has 1 rings (SSSR count). The van der Waals surface area contributed by atoms with Crippen molar-refractivity contribution in [3.8, 4) is 0 Å². The number of hydrogen-bond donors (Lipinski definition) is 2. The lowest BCUT2D eigenvalue weighted by molar-refractivity contribution is -0.144. The van der Waals surface area contributed by atoms with Crippen LogP contribution in [0.25, 0.3) is 0 Å². The van der Waals surface area contributed by atoms with E-state index in [4.69, 9.17) is 0 Å². The van der Waals surface area contributed by atoms with E-state index >= 15 is 0 Å². The van der Waals surface area contributed by atoms with Crippen LogP contribution in [0.2, 0.25) is 0 Å². The van der Waals surface area contributed by atoms with Crippen molar-refractivity contribution in [1.29, 1.82) is 0 Å². The zero-order valence-corrected chi connectivity index (χ0v) is 12.3. The average Bonchev–Trinajstić information content (AvgIpc) is 2.28. The van der Waals surface area contributed by atoms with Crippen LogP contribution in [0.4, 0.5) is 4.39 Å². The van der Waals surface area contributed by atoms with Crippen LogP contribution in [0.3, 0.4) is 0 Å². The van der Waals surface area contributed by atoms with E-state index in [0.717, 1.165) is 6.07 Å². The van der Waals surface area contributed by atoms with Gasteiger partial charge >= 0.3 is 5.97 Å². The predicted molar refractivity (Wildman–Crippen MR) is 72.5 cm³/mol. The Bertz CT molecular complexity index is 486. The number of amides is 1. The van der Waals surface area contributed by atoms with Crippen LogP contribution in [0.5, 0.6) is 0 Å². The minimum atomic E-state index is -1.41. The molecule has 0 heterocycles. The van der Waals surface area contributed by atoms with Crippen LogP contribution in [-0.4, -0.2) is 22.5 Å². The highest BCUT2D eigenvalue weighted by Gasteiger charge is 2.35. The number of carboxylic acids is 1. The van der Waals surface area contributed by atoms with Crippen molar-refractivity contribution in [3.63, 3.8) is 0 Å². The number of aliphatic carboxylic acids is 1. The van der Waals surface area contributed by atoms with Crippen molar-refractivity contribution in [2.75, 3.05) is 0 Å². The minimum absolute atomic E-state index is 0.189. The molecule has 1 amide bonds. The van der Waals surface area contributed by atoms with E-state index in [9.17, 15) is 19.1 Å². The first-order valence-electron chi connectivity index (χ1n) is 5.81. The lowest BCUT2D eigenvalue weighted by Crippen LogP contribution is -2.52. The lowest BCUT2D eigenvalue weighted by atomic mass is 9.95. The summed E-state index contributed by atoms with van der Waals surface area (Å²) in [6.07, 6.45) is 0.849. The first-order valence-corrected chi connectivity index (χ1v) is 6.61. The number of halogens is 2. The molecular weight excluding hydrogens is 317 g/mol. The second-order valence-corrected chi connectivity index (χ2v) is 5.29. The molecule has 0 saturated carbocycles. The number of benzene rings is 1. The molecule has 0 bridgehead atoms. The van der Waals surface area contributed by atoms with Crippen molar-refractivity contribution in [3.05, 3.63) is 34.1 Å². The summed E-state index contributed by atoms with van der Waals surface area (Å²) in [6.45, 7) is 3.22. The Balaban J connectivity index is 3.04.